The van der Waals surface area contributed by atoms with Gasteiger partial charge in [0.1, 0.15) is 5.82 Å². The Balaban J connectivity index is 2.36. The van der Waals surface area contributed by atoms with Gasteiger partial charge >= 0.3 is 0 Å². The minimum Gasteiger partial charge on any atom is -0.346 e. The fourth-order valence-corrected chi connectivity index (χ4v) is 1.86. The maximum Gasteiger partial charge on any atom is 0.123 e. The number of aromatic nitrogens is 1. The van der Waals surface area contributed by atoms with Crippen LogP contribution in [0.2, 0.25) is 0 Å². The van der Waals surface area contributed by atoms with Gasteiger partial charge in [-0.15, -0.1) is 0 Å². The maximum absolute atomic E-state index is 13.1. The fraction of sp³-hybridized carbons (Fsp3) is 0.385. The van der Waals surface area contributed by atoms with Gasteiger partial charge in [-0.2, -0.15) is 0 Å². The second-order valence-electron chi connectivity index (χ2n) is 4.43. The second kappa shape index (κ2) is 4.26. The van der Waals surface area contributed by atoms with Crippen LogP contribution in [0.25, 0.3) is 10.9 Å². The van der Waals surface area contributed by atoms with Crippen LogP contribution in [0.4, 0.5) is 4.39 Å². The van der Waals surface area contributed by atoms with Crippen LogP contribution >= 0.6 is 0 Å². The normalized spacial score (nSPS) is 11.6. The predicted octanol–water partition coefficient (Wildman–Crippen LogP) is 2.82. The molecule has 0 fully saturated rings. The summed E-state index contributed by atoms with van der Waals surface area (Å²) in [5.74, 6) is -0.179. The van der Waals surface area contributed by atoms with E-state index in [0.717, 1.165) is 17.4 Å². The van der Waals surface area contributed by atoms with Gasteiger partial charge < -0.3 is 9.88 Å². The zero-order valence-corrected chi connectivity index (χ0v) is 9.92. The first-order valence-corrected chi connectivity index (χ1v) is 5.55. The molecule has 0 amide bonds. The SMILES string of the molecule is CC(C)NCc1cc2cc(F)ccc2n1C. The Bertz CT molecular complexity index is 500. The van der Waals surface area contributed by atoms with Crippen molar-refractivity contribution in [2.24, 2.45) is 7.05 Å². The molecule has 16 heavy (non-hydrogen) atoms. The van der Waals surface area contributed by atoms with Crippen LogP contribution in [0.15, 0.2) is 24.3 Å². The highest BCUT2D eigenvalue weighted by Gasteiger charge is 2.06. The molecule has 0 aliphatic rings. The number of nitrogens with one attached hydrogen (secondary N) is 1. The lowest BCUT2D eigenvalue weighted by Crippen LogP contribution is -2.22. The summed E-state index contributed by atoms with van der Waals surface area (Å²) in [5, 5.41) is 4.32. The van der Waals surface area contributed by atoms with E-state index >= 15 is 0 Å². The molecule has 0 saturated carbocycles. The number of nitrogens with zero attached hydrogens (tertiary/aromatic N) is 1. The molecule has 2 aromatic rings. The van der Waals surface area contributed by atoms with Gasteiger partial charge in [0, 0.05) is 36.2 Å². The van der Waals surface area contributed by atoms with Crippen molar-refractivity contribution >= 4 is 10.9 Å². The molecule has 0 saturated heterocycles. The lowest BCUT2D eigenvalue weighted by atomic mass is 10.2. The third-order valence-electron chi connectivity index (χ3n) is 2.80. The molecular formula is C13H17FN2. The van der Waals surface area contributed by atoms with Gasteiger partial charge in [-0.25, -0.2) is 4.39 Å². The molecule has 0 atom stereocenters. The molecule has 1 heterocycles. The van der Waals surface area contributed by atoms with E-state index in [1.807, 2.05) is 19.2 Å². The maximum atomic E-state index is 13.1. The minimum atomic E-state index is -0.179. The average molecular weight is 220 g/mol. The molecule has 3 heteroatoms. The monoisotopic (exact) mass is 220 g/mol. The quantitative estimate of drug-likeness (QED) is 0.841. The number of halogens is 1. The first-order chi connectivity index (χ1) is 7.58. The van der Waals surface area contributed by atoms with Gasteiger partial charge in [-0.05, 0) is 24.3 Å². The van der Waals surface area contributed by atoms with Crippen LogP contribution in [0.3, 0.4) is 0 Å². The lowest BCUT2D eigenvalue weighted by Gasteiger charge is -2.08. The van der Waals surface area contributed by atoms with Crippen LogP contribution in [0.5, 0.6) is 0 Å². The van der Waals surface area contributed by atoms with Crippen molar-refractivity contribution in [3.8, 4) is 0 Å². The summed E-state index contributed by atoms with van der Waals surface area (Å²) in [5.41, 5.74) is 2.25. The summed E-state index contributed by atoms with van der Waals surface area (Å²) in [7, 11) is 2.01. The molecule has 0 radical (unpaired) electrons. The van der Waals surface area contributed by atoms with E-state index in [2.05, 4.69) is 23.7 Å². The predicted molar refractivity (Wildman–Crippen MR) is 64.9 cm³/mol. The molecule has 1 N–H and O–H groups in total. The molecule has 0 spiro atoms. The van der Waals surface area contributed by atoms with E-state index in [4.69, 9.17) is 0 Å². The molecule has 1 aromatic carbocycles. The van der Waals surface area contributed by atoms with Crippen molar-refractivity contribution in [1.29, 1.82) is 0 Å². The second-order valence-corrected chi connectivity index (χ2v) is 4.43. The van der Waals surface area contributed by atoms with Crippen LogP contribution in [0.1, 0.15) is 19.5 Å². The summed E-state index contributed by atoms with van der Waals surface area (Å²) in [6.45, 7) is 5.04. The van der Waals surface area contributed by atoms with Crippen molar-refractivity contribution in [1.82, 2.24) is 9.88 Å². The number of hydrogen-bond donors (Lipinski definition) is 1. The molecule has 0 unspecified atom stereocenters. The van der Waals surface area contributed by atoms with Crippen molar-refractivity contribution in [3.05, 3.63) is 35.8 Å². The number of fused-ring (bicyclic) bond motifs is 1. The summed E-state index contributed by atoms with van der Waals surface area (Å²) in [6, 6.07) is 7.39. The first kappa shape index (κ1) is 11.1. The van der Waals surface area contributed by atoms with Crippen molar-refractivity contribution in [2.45, 2.75) is 26.4 Å². The van der Waals surface area contributed by atoms with E-state index in [0.29, 0.717) is 6.04 Å². The van der Waals surface area contributed by atoms with Gasteiger partial charge in [0.2, 0.25) is 0 Å². The van der Waals surface area contributed by atoms with E-state index < -0.39 is 0 Å². The molecule has 2 nitrogen and oxygen atoms in total. The van der Waals surface area contributed by atoms with Gasteiger partial charge in [-0.1, -0.05) is 13.8 Å². The Morgan fingerprint density at radius 3 is 2.75 bits per heavy atom. The standard InChI is InChI=1S/C13H17FN2/c1-9(2)15-8-12-7-10-6-11(14)4-5-13(10)16(12)3/h4-7,9,15H,8H2,1-3H3. The topological polar surface area (TPSA) is 17.0 Å². The Morgan fingerprint density at radius 2 is 2.06 bits per heavy atom. The number of aryl methyl sites for hydroxylation is 1. The Kier molecular flexibility index (Phi) is 2.97. The average Bonchev–Trinajstić information content (AvgIpc) is 2.52. The van der Waals surface area contributed by atoms with Crippen molar-refractivity contribution in [3.63, 3.8) is 0 Å². The van der Waals surface area contributed by atoms with E-state index in [1.165, 1.54) is 11.8 Å². The van der Waals surface area contributed by atoms with Gasteiger partial charge in [0.05, 0.1) is 0 Å². The highest BCUT2D eigenvalue weighted by molar-refractivity contribution is 5.81. The highest BCUT2D eigenvalue weighted by atomic mass is 19.1. The molecule has 0 aliphatic heterocycles. The zero-order valence-electron chi connectivity index (χ0n) is 9.92. The van der Waals surface area contributed by atoms with Gasteiger partial charge in [-0.3, -0.25) is 0 Å². The number of rotatable bonds is 3. The number of benzene rings is 1. The van der Waals surface area contributed by atoms with Crippen LogP contribution in [-0.4, -0.2) is 10.6 Å². The van der Waals surface area contributed by atoms with Crippen LogP contribution in [-0.2, 0) is 13.6 Å². The van der Waals surface area contributed by atoms with E-state index in [9.17, 15) is 4.39 Å². The van der Waals surface area contributed by atoms with Crippen molar-refractivity contribution in [2.75, 3.05) is 0 Å². The van der Waals surface area contributed by atoms with Crippen molar-refractivity contribution < 1.29 is 4.39 Å². The molecule has 86 valence electrons. The Hall–Kier alpha value is -1.35. The molecule has 1 aromatic heterocycles. The first-order valence-electron chi connectivity index (χ1n) is 5.55. The minimum absolute atomic E-state index is 0.179. The summed E-state index contributed by atoms with van der Waals surface area (Å²) in [6.07, 6.45) is 0. The van der Waals surface area contributed by atoms with Gasteiger partial charge in [0.15, 0.2) is 0 Å². The number of hydrogen-bond acceptors (Lipinski definition) is 1. The fourth-order valence-electron chi connectivity index (χ4n) is 1.86. The summed E-state index contributed by atoms with van der Waals surface area (Å²) < 4.78 is 15.2. The zero-order chi connectivity index (χ0) is 11.7. The molecule has 2 rings (SSSR count). The molecule has 0 bridgehead atoms. The molecular weight excluding hydrogens is 203 g/mol. The molecule has 0 aliphatic carbocycles. The third-order valence-corrected chi connectivity index (χ3v) is 2.80. The Morgan fingerprint density at radius 1 is 1.31 bits per heavy atom. The van der Waals surface area contributed by atoms with Crippen LogP contribution < -0.4 is 5.32 Å². The van der Waals surface area contributed by atoms with Gasteiger partial charge in [0.25, 0.3) is 0 Å². The summed E-state index contributed by atoms with van der Waals surface area (Å²) >= 11 is 0. The Labute approximate surface area is 95.1 Å². The lowest BCUT2D eigenvalue weighted by molar-refractivity contribution is 0.572. The highest BCUT2D eigenvalue weighted by Crippen LogP contribution is 2.19. The largest absolute Gasteiger partial charge is 0.346 e. The van der Waals surface area contributed by atoms with E-state index in [1.54, 1.807) is 6.07 Å². The third kappa shape index (κ3) is 2.09. The smallest absolute Gasteiger partial charge is 0.123 e. The summed E-state index contributed by atoms with van der Waals surface area (Å²) in [4.78, 5) is 0. The van der Waals surface area contributed by atoms with Crippen LogP contribution in [0, 0.1) is 5.82 Å². The van der Waals surface area contributed by atoms with E-state index in [-0.39, 0.29) is 5.82 Å².